The van der Waals surface area contributed by atoms with Crippen molar-refractivity contribution in [1.29, 1.82) is 0 Å². The molecule has 7 nitrogen and oxygen atoms in total. The molecule has 142 valence electrons. The molecule has 1 aromatic heterocycles. The van der Waals surface area contributed by atoms with Crippen molar-refractivity contribution >= 4 is 11.6 Å². The van der Waals surface area contributed by atoms with Gasteiger partial charge in [-0.3, -0.25) is 4.79 Å². The van der Waals surface area contributed by atoms with E-state index in [0.717, 1.165) is 5.69 Å². The first-order chi connectivity index (χ1) is 13.7. The van der Waals surface area contributed by atoms with Gasteiger partial charge in [0.15, 0.2) is 11.5 Å². The molecule has 0 spiro atoms. The molecular weight excluding hydrogens is 365 g/mol. The van der Waals surface area contributed by atoms with Crippen LogP contribution < -0.4 is 14.4 Å². The second kappa shape index (κ2) is 6.63. The van der Waals surface area contributed by atoms with Gasteiger partial charge in [0.25, 0.3) is 0 Å². The van der Waals surface area contributed by atoms with Gasteiger partial charge in [-0.15, -0.1) is 0 Å². The molecule has 1 amide bonds. The number of benzene rings is 2. The Kier molecular flexibility index (Phi) is 3.96. The molecule has 2 aliphatic heterocycles. The number of amides is 1. The largest absolute Gasteiger partial charge is 0.486 e. The number of rotatable bonds is 3. The fourth-order valence-electron chi connectivity index (χ4n) is 3.48. The summed E-state index contributed by atoms with van der Waals surface area (Å²) in [6, 6.07) is 11.7. The number of hydrogen-bond donors (Lipinski definition) is 0. The zero-order valence-electron chi connectivity index (χ0n) is 14.8. The number of carbonyl (C=O) groups is 1. The monoisotopic (exact) mass is 381 g/mol. The molecule has 0 saturated carbocycles. The fraction of sp³-hybridized carbons (Fsp3) is 0.250. The second-order valence-corrected chi connectivity index (χ2v) is 6.67. The molecule has 3 aromatic rings. The summed E-state index contributed by atoms with van der Waals surface area (Å²) in [5, 5.41) is 3.88. The Morgan fingerprint density at radius 1 is 1.07 bits per heavy atom. The van der Waals surface area contributed by atoms with Crippen LogP contribution in [-0.2, 0) is 4.79 Å². The van der Waals surface area contributed by atoms with E-state index in [1.165, 1.54) is 6.07 Å². The molecule has 5 rings (SSSR count). The third kappa shape index (κ3) is 2.87. The van der Waals surface area contributed by atoms with Crippen molar-refractivity contribution in [2.75, 3.05) is 24.7 Å². The Morgan fingerprint density at radius 2 is 1.89 bits per heavy atom. The first-order valence-electron chi connectivity index (χ1n) is 8.97. The van der Waals surface area contributed by atoms with Crippen molar-refractivity contribution < 1.29 is 23.2 Å². The van der Waals surface area contributed by atoms with Crippen LogP contribution in [0.4, 0.5) is 10.1 Å². The summed E-state index contributed by atoms with van der Waals surface area (Å²) in [5.41, 5.74) is 0.996. The summed E-state index contributed by atoms with van der Waals surface area (Å²) in [7, 11) is 0. The lowest BCUT2D eigenvalue weighted by Gasteiger charge is -2.22. The molecule has 8 heteroatoms. The number of carbonyl (C=O) groups excluding carboxylic acids is 1. The highest BCUT2D eigenvalue weighted by Crippen LogP contribution is 2.37. The van der Waals surface area contributed by atoms with Gasteiger partial charge in [0.05, 0.1) is 11.5 Å². The van der Waals surface area contributed by atoms with Gasteiger partial charge in [-0.2, -0.15) is 4.98 Å². The summed E-state index contributed by atoms with van der Waals surface area (Å²) < 4.78 is 30.4. The maximum absolute atomic E-state index is 13.9. The van der Waals surface area contributed by atoms with Crippen molar-refractivity contribution in [3.05, 3.63) is 54.2 Å². The van der Waals surface area contributed by atoms with Gasteiger partial charge in [0, 0.05) is 24.7 Å². The molecule has 0 aliphatic carbocycles. The van der Waals surface area contributed by atoms with Gasteiger partial charge in [0.1, 0.15) is 19.0 Å². The first-order valence-corrected chi connectivity index (χ1v) is 8.97. The molecule has 0 N–H and O–H groups in total. The molecule has 0 bridgehead atoms. The van der Waals surface area contributed by atoms with Crippen LogP contribution in [0.15, 0.2) is 47.0 Å². The SMILES string of the molecule is O=C1C[C@H](c2nc(-c3ccccc3F)no2)CN1c1ccc2c(c1)OCCO2. The van der Waals surface area contributed by atoms with Crippen LogP contribution in [-0.4, -0.2) is 35.8 Å². The summed E-state index contributed by atoms with van der Waals surface area (Å²) in [4.78, 5) is 18.5. The normalized spacial score (nSPS) is 18.5. The molecule has 2 aliphatic rings. The van der Waals surface area contributed by atoms with E-state index < -0.39 is 5.82 Å². The van der Waals surface area contributed by atoms with Crippen molar-refractivity contribution in [3.63, 3.8) is 0 Å². The highest BCUT2D eigenvalue weighted by molar-refractivity contribution is 5.96. The molecule has 2 aromatic carbocycles. The van der Waals surface area contributed by atoms with E-state index in [0.29, 0.717) is 37.1 Å². The van der Waals surface area contributed by atoms with E-state index in [-0.39, 0.29) is 29.6 Å². The summed E-state index contributed by atoms with van der Waals surface area (Å²) >= 11 is 0. The minimum absolute atomic E-state index is 0.0488. The van der Waals surface area contributed by atoms with E-state index >= 15 is 0 Å². The molecule has 1 atom stereocenters. The zero-order chi connectivity index (χ0) is 19.1. The van der Waals surface area contributed by atoms with Gasteiger partial charge < -0.3 is 18.9 Å². The Labute approximate surface area is 159 Å². The van der Waals surface area contributed by atoms with E-state index in [9.17, 15) is 9.18 Å². The number of halogens is 1. The van der Waals surface area contributed by atoms with Crippen molar-refractivity contribution in [2.45, 2.75) is 12.3 Å². The van der Waals surface area contributed by atoms with Crippen LogP contribution in [0.1, 0.15) is 18.2 Å². The predicted molar refractivity (Wildman–Crippen MR) is 96.8 cm³/mol. The maximum Gasteiger partial charge on any atom is 0.232 e. The molecule has 1 saturated heterocycles. The third-order valence-corrected chi connectivity index (χ3v) is 4.87. The van der Waals surface area contributed by atoms with Crippen LogP contribution in [0.5, 0.6) is 11.5 Å². The van der Waals surface area contributed by atoms with E-state index in [1.807, 2.05) is 6.07 Å². The number of anilines is 1. The van der Waals surface area contributed by atoms with Crippen LogP contribution in [0, 0.1) is 5.82 Å². The van der Waals surface area contributed by atoms with Gasteiger partial charge in [-0.05, 0) is 24.3 Å². The number of fused-ring (bicyclic) bond motifs is 1. The summed E-state index contributed by atoms with van der Waals surface area (Å²) in [6.07, 6.45) is 0.243. The lowest BCUT2D eigenvalue weighted by Crippen LogP contribution is -2.24. The summed E-state index contributed by atoms with van der Waals surface area (Å²) in [6.45, 7) is 1.39. The number of nitrogens with zero attached hydrogens (tertiary/aromatic N) is 3. The van der Waals surface area contributed by atoms with Crippen LogP contribution in [0.3, 0.4) is 0 Å². The second-order valence-electron chi connectivity index (χ2n) is 6.67. The minimum atomic E-state index is -0.421. The molecule has 28 heavy (non-hydrogen) atoms. The number of hydrogen-bond acceptors (Lipinski definition) is 6. The molecule has 0 radical (unpaired) electrons. The lowest BCUT2D eigenvalue weighted by atomic mass is 10.1. The van der Waals surface area contributed by atoms with Crippen molar-refractivity contribution in [2.24, 2.45) is 0 Å². The van der Waals surface area contributed by atoms with Crippen LogP contribution >= 0.6 is 0 Å². The molecule has 0 unspecified atom stereocenters. The quantitative estimate of drug-likeness (QED) is 0.694. The Balaban J connectivity index is 1.38. The standard InChI is InChI=1S/C20H16FN3O4/c21-15-4-2-1-3-14(15)19-22-20(28-23-19)12-9-18(25)24(11-12)13-5-6-16-17(10-13)27-8-7-26-16/h1-6,10,12H,7-9,11H2/t12-/m0/s1. The highest BCUT2D eigenvalue weighted by atomic mass is 19.1. The summed E-state index contributed by atoms with van der Waals surface area (Å²) in [5.74, 6) is 1.07. The lowest BCUT2D eigenvalue weighted by molar-refractivity contribution is -0.117. The molecule has 3 heterocycles. The van der Waals surface area contributed by atoms with E-state index in [4.69, 9.17) is 14.0 Å². The predicted octanol–water partition coefficient (Wildman–Crippen LogP) is 3.17. The van der Waals surface area contributed by atoms with Crippen LogP contribution in [0.25, 0.3) is 11.4 Å². The fourth-order valence-corrected chi connectivity index (χ4v) is 3.48. The Morgan fingerprint density at radius 3 is 2.75 bits per heavy atom. The molecular formula is C20H16FN3O4. The Hall–Kier alpha value is -3.42. The first kappa shape index (κ1) is 16.7. The minimum Gasteiger partial charge on any atom is -0.486 e. The third-order valence-electron chi connectivity index (χ3n) is 4.87. The van der Waals surface area contributed by atoms with Gasteiger partial charge in [-0.25, -0.2) is 4.39 Å². The average Bonchev–Trinajstić information content (AvgIpc) is 3.35. The Bertz CT molecular complexity index is 1050. The van der Waals surface area contributed by atoms with Crippen molar-refractivity contribution in [1.82, 2.24) is 10.1 Å². The van der Waals surface area contributed by atoms with Gasteiger partial charge >= 0.3 is 0 Å². The molecule has 1 fully saturated rings. The van der Waals surface area contributed by atoms with Crippen LogP contribution in [0.2, 0.25) is 0 Å². The number of ether oxygens (including phenoxy) is 2. The van der Waals surface area contributed by atoms with E-state index in [2.05, 4.69) is 10.1 Å². The zero-order valence-corrected chi connectivity index (χ0v) is 14.8. The topological polar surface area (TPSA) is 77.7 Å². The van der Waals surface area contributed by atoms with Gasteiger partial charge in [-0.1, -0.05) is 17.3 Å². The smallest absolute Gasteiger partial charge is 0.232 e. The average molecular weight is 381 g/mol. The highest BCUT2D eigenvalue weighted by Gasteiger charge is 2.35. The maximum atomic E-state index is 13.9. The van der Waals surface area contributed by atoms with E-state index in [1.54, 1.807) is 35.2 Å². The van der Waals surface area contributed by atoms with Gasteiger partial charge in [0.2, 0.25) is 17.6 Å². The van der Waals surface area contributed by atoms with Crippen molar-refractivity contribution in [3.8, 4) is 22.9 Å². The number of aromatic nitrogens is 2.